The fourth-order valence-electron chi connectivity index (χ4n) is 5.40. The molecule has 0 bridgehead atoms. The van der Waals surface area contributed by atoms with E-state index in [1.165, 1.54) is 108 Å². The highest BCUT2D eigenvalue weighted by Crippen LogP contribution is 2.23. The summed E-state index contributed by atoms with van der Waals surface area (Å²) in [6.07, 6.45) is 28.2. The zero-order valence-electron chi connectivity index (χ0n) is 26.1. The zero-order valence-corrected chi connectivity index (χ0v) is 26.1. The van der Waals surface area contributed by atoms with Crippen molar-refractivity contribution in [3.63, 3.8) is 0 Å². The molecule has 0 amide bonds. The van der Waals surface area contributed by atoms with Crippen LogP contribution in [0.25, 0.3) is 0 Å². The van der Waals surface area contributed by atoms with Gasteiger partial charge in [-0.15, -0.1) is 13.2 Å². The van der Waals surface area contributed by atoms with Gasteiger partial charge in [-0.2, -0.15) is 0 Å². The van der Waals surface area contributed by atoms with Gasteiger partial charge in [0.05, 0.1) is 12.5 Å². The van der Waals surface area contributed by atoms with Crippen LogP contribution >= 0.6 is 0 Å². The first-order chi connectivity index (χ1) is 19.0. The standard InChI is InChI=1S/C37H62O2/c1-6-8-10-12-14-16-18-20-22-24-35(25-23-21-19-17-15-13-11-9-7-2)31-39-37(38)33(5)36-28-26-34(27-29-36)30-32(3)4/h6-7,26-29,32-33,35H,1-2,8-25,30-31H2,3-5H3/t33-/m0/s1. The number of rotatable bonds is 26. The van der Waals surface area contributed by atoms with Gasteiger partial charge in [0.1, 0.15) is 0 Å². The van der Waals surface area contributed by atoms with Crippen molar-refractivity contribution in [2.45, 2.75) is 149 Å². The maximum absolute atomic E-state index is 12.9. The van der Waals surface area contributed by atoms with Gasteiger partial charge in [-0.25, -0.2) is 0 Å². The topological polar surface area (TPSA) is 26.3 Å². The molecular formula is C37H62O2. The highest BCUT2D eigenvalue weighted by Gasteiger charge is 2.19. The number of hydrogen-bond donors (Lipinski definition) is 0. The summed E-state index contributed by atoms with van der Waals surface area (Å²) in [4.78, 5) is 12.9. The van der Waals surface area contributed by atoms with Gasteiger partial charge in [-0.3, -0.25) is 4.79 Å². The Hall–Kier alpha value is -1.83. The summed E-state index contributed by atoms with van der Waals surface area (Å²) in [5.41, 5.74) is 2.40. The number of esters is 1. The molecule has 0 heterocycles. The van der Waals surface area contributed by atoms with Crippen LogP contribution in [0.1, 0.15) is 153 Å². The van der Waals surface area contributed by atoms with Crippen LogP contribution in [-0.4, -0.2) is 12.6 Å². The lowest BCUT2D eigenvalue weighted by Gasteiger charge is -2.19. The molecule has 1 rings (SSSR count). The van der Waals surface area contributed by atoms with Crippen LogP contribution in [-0.2, 0) is 16.0 Å². The highest BCUT2D eigenvalue weighted by molar-refractivity contribution is 5.77. The van der Waals surface area contributed by atoms with Crippen molar-refractivity contribution in [1.29, 1.82) is 0 Å². The van der Waals surface area contributed by atoms with E-state index in [9.17, 15) is 4.79 Å². The number of carbonyl (C=O) groups excluding carboxylic acids is 1. The van der Waals surface area contributed by atoms with E-state index < -0.39 is 0 Å². The molecule has 0 aliphatic heterocycles. The second kappa shape index (κ2) is 24.0. The van der Waals surface area contributed by atoms with Gasteiger partial charge in [-0.05, 0) is 74.8 Å². The van der Waals surface area contributed by atoms with Crippen LogP contribution < -0.4 is 0 Å². The third-order valence-electron chi connectivity index (χ3n) is 7.98. The molecule has 0 fully saturated rings. The molecule has 1 aromatic carbocycles. The number of ether oxygens (including phenoxy) is 1. The quantitative estimate of drug-likeness (QED) is 0.0666. The average Bonchev–Trinajstić information content (AvgIpc) is 2.93. The van der Waals surface area contributed by atoms with Gasteiger partial charge < -0.3 is 4.74 Å². The summed E-state index contributed by atoms with van der Waals surface area (Å²) in [6, 6.07) is 8.55. The van der Waals surface area contributed by atoms with E-state index in [0.29, 0.717) is 18.4 Å². The Morgan fingerprint density at radius 1 is 0.692 bits per heavy atom. The largest absolute Gasteiger partial charge is 0.465 e. The Bertz CT molecular complexity index is 706. The lowest BCUT2D eigenvalue weighted by molar-refractivity contribution is -0.146. The Balaban J connectivity index is 2.42. The number of carbonyl (C=O) groups is 1. The molecule has 0 aliphatic carbocycles. The molecule has 2 heteroatoms. The maximum Gasteiger partial charge on any atom is 0.313 e. The molecular weight excluding hydrogens is 476 g/mol. The molecule has 0 aromatic heterocycles. The van der Waals surface area contributed by atoms with Gasteiger partial charge in [0.15, 0.2) is 0 Å². The molecule has 0 unspecified atom stereocenters. The molecule has 0 saturated carbocycles. The number of benzene rings is 1. The van der Waals surface area contributed by atoms with E-state index in [4.69, 9.17) is 4.74 Å². The molecule has 0 spiro atoms. The Morgan fingerprint density at radius 3 is 1.56 bits per heavy atom. The molecule has 0 saturated heterocycles. The third kappa shape index (κ3) is 19.0. The smallest absolute Gasteiger partial charge is 0.313 e. The monoisotopic (exact) mass is 538 g/mol. The van der Waals surface area contributed by atoms with Crippen molar-refractivity contribution < 1.29 is 9.53 Å². The SMILES string of the molecule is C=CCCCCCCCCCC(CCCCCCCCCC=C)COC(=O)[C@@H](C)c1ccc(CC(C)C)cc1. The summed E-state index contributed by atoms with van der Waals surface area (Å²) >= 11 is 0. The second-order valence-corrected chi connectivity index (χ2v) is 12.2. The first-order valence-corrected chi connectivity index (χ1v) is 16.4. The fraction of sp³-hybridized carbons (Fsp3) is 0.703. The maximum atomic E-state index is 12.9. The van der Waals surface area contributed by atoms with E-state index in [2.05, 4.69) is 51.3 Å². The van der Waals surface area contributed by atoms with E-state index in [-0.39, 0.29) is 11.9 Å². The lowest BCUT2D eigenvalue weighted by atomic mass is 9.94. The minimum absolute atomic E-state index is 0.0735. The van der Waals surface area contributed by atoms with E-state index in [0.717, 1.165) is 24.8 Å². The van der Waals surface area contributed by atoms with Crippen molar-refractivity contribution in [2.24, 2.45) is 11.8 Å². The Morgan fingerprint density at radius 2 is 1.13 bits per heavy atom. The number of allylic oxidation sites excluding steroid dienone is 2. The van der Waals surface area contributed by atoms with Crippen LogP contribution in [0.3, 0.4) is 0 Å². The minimum atomic E-state index is -0.207. The van der Waals surface area contributed by atoms with Gasteiger partial charge in [0.25, 0.3) is 0 Å². The van der Waals surface area contributed by atoms with E-state index in [1.807, 2.05) is 19.1 Å². The lowest BCUT2D eigenvalue weighted by Crippen LogP contribution is -2.19. The zero-order chi connectivity index (χ0) is 28.6. The van der Waals surface area contributed by atoms with Gasteiger partial charge >= 0.3 is 5.97 Å². The first-order valence-electron chi connectivity index (χ1n) is 16.4. The van der Waals surface area contributed by atoms with Crippen molar-refractivity contribution in [3.05, 3.63) is 60.7 Å². The molecule has 0 N–H and O–H groups in total. The average molecular weight is 539 g/mol. The van der Waals surface area contributed by atoms with Gasteiger partial charge in [-0.1, -0.05) is 127 Å². The number of unbranched alkanes of at least 4 members (excludes halogenated alkanes) is 14. The summed E-state index contributed by atoms with van der Waals surface area (Å²) in [7, 11) is 0. The van der Waals surface area contributed by atoms with Gasteiger partial charge in [0.2, 0.25) is 0 Å². The molecule has 2 nitrogen and oxygen atoms in total. The van der Waals surface area contributed by atoms with Crippen LogP contribution in [0.15, 0.2) is 49.6 Å². The predicted octanol–water partition coefficient (Wildman–Crippen LogP) is 11.5. The Labute approximate surface area is 243 Å². The Kier molecular flexibility index (Phi) is 21.7. The van der Waals surface area contributed by atoms with Crippen LogP contribution in [0, 0.1) is 11.8 Å². The highest BCUT2D eigenvalue weighted by atomic mass is 16.5. The molecule has 222 valence electrons. The second-order valence-electron chi connectivity index (χ2n) is 12.2. The summed E-state index contributed by atoms with van der Waals surface area (Å²) in [5.74, 6) is 0.853. The van der Waals surface area contributed by atoms with Crippen molar-refractivity contribution in [1.82, 2.24) is 0 Å². The van der Waals surface area contributed by atoms with Gasteiger partial charge in [0, 0.05) is 0 Å². The number of hydrogen-bond acceptors (Lipinski definition) is 2. The fourth-order valence-corrected chi connectivity index (χ4v) is 5.40. The van der Waals surface area contributed by atoms with Crippen LogP contribution in [0.4, 0.5) is 0 Å². The van der Waals surface area contributed by atoms with Crippen LogP contribution in [0.5, 0.6) is 0 Å². The van der Waals surface area contributed by atoms with Crippen molar-refractivity contribution in [3.8, 4) is 0 Å². The van der Waals surface area contributed by atoms with E-state index >= 15 is 0 Å². The van der Waals surface area contributed by atoms with Crippen molar-refractivity contribution in [2.75, 3.05) is 6.61 Å². The summed E-state index contributed by atoms with van der Waals surface area (Å²) in [5, 5.41) is 0. The minimum Gasteiger partial charge on any atom is -0.465 e. The summed E-state index contributed by atoms with van der Waals surface area (Å²) in [6.45, 7) is 14.7. The first kappa shape index (κ1) is 35.2. The molecule has 39 heavy (non-hydrogen) atoms. The molecule has 0 aliphatic rings. The van der Waals surface area contributed by atoms with E-state index in [1.54, 1.807) is 0 Å². The summed E-state index contributed by atoms with van der Waals surface area (Å²) < 4.78 is 5.93. The normalized spacial score (nSPS) is 12.1. The third-order valence-corrected chi connectivity index (χ3v) is 7.98. The van der Waals surface area contributed by atoms with Crippen LogP contribution in [0.2, 0.25) is 0 Å². The molecule has 1 aromatic rings. The van der Waals surface area contributed by atoms with Crippen molar-refractivity contribution >= 4 is 5.97 Å². The predicted molar refractivity (Wildman–Crippen MR) is 171 cm³/mol. The molecule has 0 radical (unpaired) electrons. The molecule has 1 atom stereocenters.